The Morgan fingerprint density at radius 1 is 0.893 bits per heavy atom. The summed E-state index contributed by atoms with van der Waals surface area (Å²) in [6.07, 6.45) is 4.07. The summed E-state index contributed by atoms with van der Waals surface area (Å²) in [6.45, 7) is 0.757. The van der Waals surface area contributed by atoms with E-state index >= 15 is 0 Å². The number of fused-ring (bicyclic) bond motifs is 1. The lowest BCUT2D eigenvalue weighted by atomic mass is 10.0. The second-order valence-electron chi connectivity index (χ2n) is 8.53. The van der Waals surface area contributed by atoms with Gasteiger partial charge in [0.1, 0.15) is 0 Å². The van der Waals surface area contributed by atoms with Crippen LogP contribution >= 0.6 is 0 Å². The van der Waals surface area contributed by atoms with Crippen molar-refractivity contribution in [2.75, 3.05) is 7.05 Å². The number of nitrogens with zero attached hydrogens (tertiary/aromatic N) is 1. The Labute approximate surface area is 168 Å². The van der Waals surface area contributed by atoms with Gasteiger partial charge in [0.25, 0.3) is 0 Å². The number of rotatable bonds is 6. The molecule has 0 amide bonds. The van der Waals surface area contributed by atoms with Crippen molar-refractivity contribution >= 4 is 9.84 Å². The average Bonchev–Trinajstić information content (AvgIpc) is 3.21. The topological polar surface area (TPSA) is 57.6 Å². The molecule has 2 unspecified atom stereocenters. The fourth-order valence-corrected chi connectivity index (χ4v) is 6.51. The van der Waals surface area contributed by atoms with Gasteiger partial charge >= 0.3 is 0 Å². The highest BCUT2D eigenvalue weighted by molar-refractivity contribution is 7.90. The lowest BCUT2D eigenvalue weighted by molar-refractivity contribution is 0.158. The zero-order valence-corrected chi connectivity index (χ0v) is 17.2. The van der Waals surface area contributed by atoms with Crippen LogP contribution in [0.4, 0.5) is 0 Å². The van der Waals surface area contributed by atoms with Gasteiger partial charge in [-0.3, -0.25) is 4.90 Å². The highest BCUT2D eigenvalue weighted by Crippen LogP contribution is 2.45. The van der Waals surface area contributed by atoms with Crippen LogP contribution in [0.5, 0.6) is 0 Å². The van der Waals surface area contributed by atoms with Crippen molar-refractivity contribution in [3.8, 4) is 0 Å². The van der Waals surface area contributed by atoms with Crippen LogP contribution in [0.1, 0.15) is 36.8 Å². The molecule has 2 aliphatic rings. The smallest absolute Gasteiger partial charge is 0.182 e. The van der Waals surface area contributed by atoms with E-state index < -0.39 is 9.84 Å². The first-order valence-electron chi connectivity index (χ1n) is 10.2. The van der Waals surface area contributed by atoms with E-state index in [4.69, 9.17) is 0 Å². The van der Waals surface area contributed by atoms with Gasteiger partial charge in [0.2, 0.25) is 0 Å². The summed E-state index contributed by atoms with van der Waals surface area (Å²) in [5.41, 5.74) is 1.97. The van der Waals surface area contributed by atoms with Crippen molar-refractivity contribution in [2.45, 2.75) is 55.0 Å². The molecule has 0 bridgehead atoms. The molecule has 0 aliphatic heterocycles. The number of aliphatic hydroxyl groups is 1. The summed E-state index contributed by atoms with van der Waals surface area (Å²) in [7, 11) is -1.21. The van der Waals surface area contributed by atoms with Gasteiger partial charge in [-0.25, -0.2) is 8.42 Å². The van der Waals surface area contributed by atoms with Crippen LogP contribution in [0.15, 0.2) is 59.5 Å². The molecular formula is C23H29NO3S. The van der Waals surface area contributed by atoms with E-state index in [0.717, 1.165) is 43.4 Å². The molecule has 0 radical (unpaired) electrons. The Hall–Kier alpha value is -1.69. The number of hydrogen-bond donors (Lipinski definition) is 1. The first kappa shape index (κ1) is 19.6. The van der Waals surface area contributed by atoms with Crippen molar-refractivity contribution in [2.24, 2.45) is 11.8 Å². The van der Waals surface area contributed by atoms with Crippen LogP contribution in [0.2, 0.25) is 0 Å². The number of sulfone groups is 1. The van der Waals surface area contributed by atoms with Crippen LogP contribution in [-0.2, 0) is 22.1 Å². The largest absolute Gasteiger partial charge is 0.393 e. The molecule has 4 nitrogen and oxygen atoms in total. The van der Waals surface area contributed by atoms with E-state index in [9.17, 15) is 13.5 Å². The van der Waals surface area contributed by atoms with Crippen molar-refractivity contribution in [1.82, 2.24) is 4.90 Å². The van der Waals surface area contributed by atoms with E-state index in [2.05, 4.69) is 11.9 Å². The second-order valence-corrected chi connectivity index (χ2v) is 10.5. The van der Waals surface area contributed by atoms with Gasteiger partial charge in [0.05, 0.1) is 16.8 Å². The molecule has 1 N–H and O–H groups in total. The summed E-state index contributed by atoms with van der Waals surface area (Å²) >= 11 is 0. The monoisotopic (exact) mass is 399 g/mol. The van der Waals surface area contributed by atoms with Gasteiger partial charge in [-0.2, -0.15) is 0 Å². The molecular weight excluding hydrogens is 370 g/mol. The second kappa shape index (κ2) is 7.97. The van der Waals surface area contributed by atoms with Gasteiger partial charge < -0.3 is 5.11 Å². The normalized spacial score (nSPS) is 27.2. The van der Waals surface area contributed by atoms with Crippen molar-refractivity contribution < 1.29 is 13.5 Å². The Morgan fingerprint density at radius 2 is 1.46 bits per heavy atom. The lowest BCUT2D eigenvalue weighted by Crippen LogP contribution is -2.30. The van der Waals surface area contributed by atoms with E-state index in [-0.39, 0.29) is 11.9 Å². The van der Waals surface area contributed by atoms with Gasteiger partial charge in [0.15, 0.2) is 9.84 Å². The molecule has 4 rings (SSSR count). The lowest BCUT2D eigenvalue weighted by Gasteiger charge is -2.26. The summed E-state index contributed by atoms with van der Waals surface area (Å²) in [5.74, 6) is 1.33. The molecule has 150 valence electrons. The predicted molar refractivity (Wildman–Crippen MR) is 110 cm³/mol. The van der Waals surface area contributed by atoms with Crippen LogP contribution in [0, 0.1) is 11.8 Å². The third-order valence-electron chi connectivity index (χ3n) is 6.58. The molecule has 0 heterocycles. The Bertz CT molecular complexity index is 898. The maximum atomic E-state index is 12.8. The Kier molecular flexibility index (Phi) is 5.59. The standard InChI is InChI=1S/C23H29NO3S/c1-24(21-11-19-13-22(25)14-20(19)12-21)15-17-7-5-6-8-18(17)16-28(26,27)23-9-3-2-4-10-23/h2-10,19-22,25H,11-16H2,1H3/t19-,20+,21?,22?. The van der Waals surface area contributed by atoms with Crippen molar-refractivity contribution in [1.29, 1.82) is 0 Å². The SMILES string of the molecule is CN(Cc1ccccc1CS(=O)(=O)c1ccccc1)C1C[C@H]2CC(O)C[C@H]2C1. The van der Waals surface area contributed by atoms with Gasteiger partial charge in [-0.1, -0.05) is 42.5 Å². The third kappa shape index (κ3) is 4.17. The van der Waals surface area contributed by atoms with E-state index in [1.54, 1.807) is 24.3 Å². The zero-order valence-electron chi connectivity index (χ0n) is 16.4. The highest BCUT2D eigenvalue weighted by atomic mass is 32.2. The van der Waals surface area contributed by atoms with Gasteiger partial charge in [0, 0.05) is 12.6 Å². The van der Waals surface area contributed by atoms with Crippen molar-refractivity contribution in [3.63, 3.8) is 0 Å². The molecule has 2 aromatic rings. The quantitative estimate of drug-likeness (QED) is 0.806. The minimum Gasteiger partial charge on any atom is -0.393 e. The molecule has 2 fully saturated rings. The maximum absolute atomic E-state index is 12.8. The maximum Gasteiger partial charge on any atom is 0.182 e. The number of hydrogen-bond acceptors (Lipinski definition) is 4. The van der Waals surface area contributed by atoms with Crippen LogP contribution in [-0.4, -0.2) is 37.6 Å². The highest BCUT2D eigenvalue weighted by Gasteiger charge is 2.42. The summed E-state index contributed by atoms with van der Waals surface area (Å²) < 4.78 is 25.6. The molecule has 5 heteroatoms. The average molecular weight is 400 g/mol. The molecule has 0 saturated heterocycles. The first-order chi connectivity index (χ1) is 13.4. The third-order valence-corrected chi connectivity index (χ3v) is 8.26. The fourth-order valence-electron chi connectivity index (χ4n) is 5.08. The van der Waals surface area contributed by atoms with Crippen LogP contribution < -0.4 is 0 Å². The Balaban J connectivity index is 1.46. The Morgan fingerprint density at radius 3 is 2.11 bits per heavy atom. The molecule has 0 aromatic heterocycles. The molecule has 0 spiro atoms. The molecule has 2 saturated carbocycles. The number of benzene rings is 2. The summed E-state index contributed by atoms with van der Waals surface area (Å²) in [4.78, 5) is 2.75. The summed E-state index contributed by atoms with van der Waals surface area (Å²) in [6, 6.07) is 17.1. The number of aliphatic hydroxyl groups excluding tert-OH is 1. The van der Waals surface area contributed by atoms with E-state index in [1.165, 1.54) is 0 Å². The minimum absolute atomic E-state index is 0.0309. The van der Waals surface area contributed by atoms with Gasteiger partial charge in [-0.05, 0) is 67.8 Å². The minimum atomic E-state index is -3.36. The van der Waals surface area contributed by atoms with Crippen LogP contribution in [0.3, 0.4) is 0 Å². The first-order valence-corrected chi connectivity index (χ1v) is 11.8. The zero-order chi connectivity index (χ0) is 19.7. The molecule has 2 aromatic carbocycles. The molecule has 28 heavy (non-hydrogen) atoms. The van der Waals surface area contributed by atoms with Crippen LogP contribution in [0.25, 0.3) is 0 Å². The van der Waals surface area contributed by atoms with E-state index in [0.29, 0.717) is 22.8 Å². The molecule has 2 aliphatic carbocycles. The van der Waals surface area contributed by atoms with Crippen molar-refractivity contribution in [3.05, 3.63) is 65.7 Å². The predicted octanol–water partition coefficient (Wildman–Crippen LogP) is 3.64. The fraction of sp³-hybridized carbons (Fsp3) is 0.478. The van der Waals surface area contributed by atoms with E-state index in [1.807, 2.05) is 30.3 Å². The van der Waals surface area contributed by atoms with Gasteiger partial charge in [-0.15, -0.1) is 0 Å². The molecule has 4 atom stereocenters. The summed E-state index contributed by atoms with van der Waals surface area (Å²) in [5, 5.41) is 9.86.